The Kier molecular flexibility index (Phi) is 5.85. The van der Waals surface area contributed by atoms with Gasteiger partial charge in [-0.15, -0.1) is 0 Å². The van der Waals surface area contributed by atoms with Crippen molar-refractivity contribution < 1.29 is 9.63 Å². The predicted octanol–water partition coefficient (Wildman–Crippen LogP) is 4.09. The number of nitrogens with zero attached hydrogens (tertiary/aromatic N) is 4. The van der Waals surface area contributed by atoms with Crippen LogP contribution in [0.3, 0.4) is 0 Å². The molecule has 0 fully saturated rings. The van der Waals surface area contributed by atoms with Gasteiger partial charge in [0.15, 0.2) is 0 Å². The molecule has 0 unspecified atom stereocenters. The molecule has 0 bridgehead atoms. The van der Waals surface area contributed by atoms with Crippen LogP contribution in [0.2, 0.25) is 5.02 Å². The van der Waals surface area contributed by atoms with Crippen LogP contribution in [-0.4, -0.2) is 11.6 Å². The predicted molar refractivity (Wildman–Crippen MR) is 73.1 cm³/mol. The normalized spacial score (nSPS) is 10.8. The Morgan fingerprint density at radius 2 is 2.26 bits per heavy atom. The molecule has 0 aliphatic rings. The zero-order chi connectivity index (χ0) is 14.3. The largest absolute Gasteiger partial charge is 0.391 e. The summed E-state index contributed by atoms with van der Waals surface area (Å²) in [5, 5.41) is 7.28. The summed E-state index contributed by atoms with van der Waals surface area (Å²) in [6, 6.07) is 4.76. The molecule has 0 N–H and O–H groups in total. The molecule has 0 spiro atoms. The van der Waals surface area contributed by atoms with E-state index in [2.05, 4.69) is 15.2 Å². The number of hydrogen-bond donors (Lipinski definition) is 0. The first kappa shape index (κ1) is 15.0. The van der Waals surface area contributed by atoms with Crippen LogP contribution in [0.4, 0.5) is 0 Å². The summed E-state index contributed by atoms with van der Waals surface area (Å²) < 4.78 is 0. The van der Waals surface area contributed by atoms with Gasteiger partial charge in [-0.1, -0.05) is 35.8 Å². The third kappa shape index (κ3) is 4.28. The van der Waals surface area contributed by atoms with Crippen LogP contribution in [0.1, 0.15) is 36.2 Å². The number of rotatable bonds is 5. The van der Waals surface area contributed by atoms with Gasteiger partial charge in [0.1, 0.15) is 6.61 Å². The Morgan fingerprint density at radius 1 is 1.53 bits per heavy atom. The summed E-state index contributed by atoms with van der Waals surface area (Å²) in [7, 11) is 0. The standard InChI is InChI=1S/C12H13ClN4O2/c1-3-8(2)16-19-7-10-9(12(18)15-17-14)5-4-6-11(10)13/h4-6H,3,7H2,1-2H3. The highest BCUT2D eigenvalue weighted by molar-refractivity contribution is 6.31. The minimum atomic E-state index is -0.695. The summed E-state index contributed by atoms with van der Waals surface area (Å²) in [6.07, 6.45) is 0.771. The summed E-state index contributed by atoms with van der Waals surface area (Å²) >= 11 is 6.01. The Hall–Kier alpha value is -2.04. The maximum atomic E-state index is 11.6. The third-order valence-corrected chi connectivity index (χ3v) is 2.78. The molecule has 1 amide bonds. The topological polar surface area (TPSA) is 87.4 Å². The molecule has 0 radical (unpaired) electrons. The summed E-state index contributed by atoms with van der Waals surface area (Å²) in [6.45, 7) is 3.83. The van der Waals surface area contributed by atoms with Crippen molar-refractivity contribution in [2.24, 2.45) is 10.3 Å². The van der Waals surface area contributed by atoms with Crippen molar-refractivity contribution in [2.45, 2.75) is 26.9 Å². The lowest BCUT2D eigenvalue weighted by atomic mass is 10.1. The highest BCUT2D eigenvalue weighted by atomic mass is 35.5. The molecular weight excluding hydrogens is 268 g/mol. The van der Waals surface area contributed by atoms with Gasteiger partial charge in [-0.05, 0) is 30.1 Å². The van der Waals surface area contributed by atoms with E-state index in [0.717, 1.165) is 12.1 Å². The molecule has 1 aromatic carbocycles. The van der Waals surface area contributed by atoms with Crippen molar-refractivity contribution >= 4 is 23.2 Å². The first-order valence-electron chi connectivity index (χ1n) is 5.62. The molecule has 0 aliphatic heterocycles. The summed E-state index contributed by atoms with van der Waals surface area (Å²) in [4.78, 5) is 19.2. The van der Waals surface area contributed by atoms with Gasteiger partial charge < -0.3 is 4.84 Å². The van der Waals surface area contributed by atoms with E-state index in [1.165, 1.54) is 6.07 Å². The second kappa shape index (κ2) is 7.41. The van der Waals surface area contributed by atoms with E-state index in [1.54, 1.807) is 12.1 Å². The molecule has 7 heteroatoms. The average Bonchev–Trinajstić information content (AvgIpc) is 2.40. The summed E-state index contributed by atoms with van der Waals surface area (Å²) in [5.74, 6) is -0.695. The zero-order valence-corrected chi connectivity index (χ0v) is 11.4. The van der Waals surface area contributed by atoms with Crippen LogP contribution in [0.15, 0.2) is 28.5 Å². The molecule has 0 heterocycles. The third-order valence-electron chi connectivity index (χ3n) is 2.43. The lowest BCUT2D eigenvalue weighted by Gasteiger charge is -2.08. The second-order valence-electron chi connectivity index (χ2n) is 3.71. The maximum absolute atomic E-state index is 11.6. The van der Waals surface area contributed by atoms with Crippen molar-refractivity contribution in [3.8, 4) is 0 Å². The number of carbonyl (C=O) groups is 1. The van der Waals surface area contributed by atoms with Crippen molar-refractivity contribution in [1.29, 1.82) is 0 Å². The number of carbonyl (C=O) groups excluding carboxylic acids is 1. The maximum Gasteiger partial charge on any atom is 0.249 e. The first-order chi connectivity index (χ1) is 9.10. The van der Waals surface area contributed by atoms with Crippen LogP contribution in [-0.2, 0) is 11.4 Å². The molecule has 19 heavy (non-hydrogen) atoms. The molecule has 0 saturated heterocycles. The quantitative estimate of drug-likeness (QED) is 0.267. The van der Waals surface area contributed by atoms with E-state index in [1.807, 2.05) is 13.8 Å². The molecule has 0 aliphatic carbocycles. The molecule has 1 rings (SSSR count). The van der Waals surface area contributed by atoms with Crippen molar-refractivity contribution in [2.75, 3.05) is 0 Å². The van der Waals surface area contributed by atoms with Crippen molar-refractivity contribution in [1.82, 2.24) is 0 Å². The van der Waals surface area contributed by atoms with E-state index < -0.39 is 5.91 Å². The number of benzene rings is 1. The van der Waals surface area contributed by atoms with Crippen molar-refractivity contribution in [3.05, 3.63) is 44.8 Å². The molecular formula is C12H13ClN4O2. The van der Waals surface area contributed by atoms with Crippen LogP contribution in [0.25, 0.3) is 10.4 Å². The molecule has 6 nitrogen and oxygen atoms in total. The SMILES string of the molecule is CCC(C)=NOCc1c(Cl)cccc1C(=O)N=[N+]=[N-]. The average molecular weight is 281 g/mol. The number of halogens is 1. The second-order valence-corrected chi connectivity index (χ2v) is 4.12. The highest BCUT2D eigenvalue weighted by Crippen LogP contribution is 2.22. The van der Waals surface area contributed by atoms with Crippen LogP contribution in [0, 0.1) is 0 Å². The number of azide groups is 1. The number of oxime groups is 1. The van der Waals surface area contributed by atoms with Crippen molar-refractivity contribution in [3.63, 3.8) is 0 Å². The minimum absolute atomic E-state index is 0.0407. The van der Waals surface area contributed by atoms with E-state index >= 15 is 0 Å². The van der Waals surface area contributed by atoms with Gasteiger partial charge >= 0.3 is 0 Å². The fourth-order valence-electron chi connectivity index (χ4n) is 1.27. The van der Waals surface area contributed by atoms with Gasteiger partial charge in [-0.3, -0.25) is 4.79 Å². The molecule has 0 aromatic heterocycles. The fraction of sp³-hybridized carbons (Fsp3) is 0.333. The van der Waals surface area contributed by atoms with Crippen LogP contribution < -0.4 is 0 Å². The number of hydrogen-bond acceptors (Lipinski definition) is 3. The molecule has 0 saturated carbocycles. The lowest BCUT2D eigenvalue weighted by molar-refractivity contribution is 0.0988. The fourth-order valence-corrected chi connectivity index (χ4v) is 1.50. The van der Waals surface area contributed by atoms with Gasteiger partial charge in [-0.2, -0.15) is 0 Å². The lowest BCUT2D eigenvalue weighted by Crippen LogP contribution is -2.03. The van der Waals surface area contributed by atoms with Crippen LogP contribution >= 0.6 is 11.6 Å². The Balaban J connectivity index is 2.98. The van der Waals surface area contributed by atoms with Gasteiger partial charge in [0.25, 0.3) is 0 Å². The van der Waals surface area contributed by atoms with Gasteiger partial charge in [-0.25, -0.2) is 0 Å². The van der Waals surface area contributed by atoms with Gasteiger partial charge in [0.05, 0.1) is 5.71 Å². The monoisotopic (exact) mass is 280 g/mol. The highest BCUT2D eigenvalue weighted by Gasteiger charge is 2.13. The number of amides is 1. The van der Waals surface area contributed by atoms with Gasteiger partial charge in [0, 0.05) is 21.1 Å². The van der Waals surface area contributed by atoms with Crippen LogP contribution in [0.5, 0.6) is 0 Å². The first-order valence-corrected chi connectivity index (χ1v) is 6.00. The Bertz CT molecular complexity index is 551. The van der Waals surface area contributed by atoms with Gasteiger partial charge in [0.2, 0.25) is 5.91 Å². The smallest absolute Gasteiger partial charge is 0.249 e. The summed E-state index contributed by atoms with van der Waals surface area (Å²) in [5.41, 5.74) is 9.79. The molecule has 1 aromatic rings. The Labute approximate surface area is 115 Å². The minimum Gasteiger partial charge on any atom is -0.391 e. The van der Waals surface area contributed by atoms with E-state index in [-0.39, 0.29) is 12.2 Å². The van der Waals surface area contributed by atoms with E-state index in [4.69, 9.17) is 22.0 Å². The Morgan fingerprint density at radius 3 is 2.89 bits per heavy atom. The van der Waals surface area contributed by atoms with E-state index in [9.17, 15) is 4.79 Å². The molecule has 100 valence electrons. The zero-order valence-electron chi connectivity index (χ0n) is 10.6. The molecule has 0 atom stereocenters. The van der Waals surface area contributed by atoms with E-state index in [0.29, 0.717) is 10.6 Å².